The van der Waals surface area contributed by atoms with Gasteiger partial charge in [-0.1, -0.05) is 6.08 Å². The third kappa shape index (κ3) is 7.05. The van der Waals surface area contributed by atoms with Gasteiger partial charge in [0.1, 0.15) is 0 Å². The molecule has 0 N–H and O–H groups in total. The quantitative estimate of drug-likeness (QED) is 0.486. The van der Waals surface area contributed by atoms with Crippen molar-refractivity contribution in [2.24, 2.45) is 0 Å². The summed E-state index contributed by atoms with van der Waals surface area (Å²) in [4.78, 5) is 21.6. The van der Waals surface area contributed by atoms with E-state index in [4.69, 9.17) is 4.74 Å². The Morgan fingerprint density at radius 3 is 2.46 bits per heavy atom. The number of hydrogen-bond donors (Lipinski definition) is 0. The molecule has 0 aliphatic carbocycles. The largest absolute Gasteiger partial charge is 0.460 e. The fraction of sp³-hybridized carbons (Fsp3) is 0.556. The van der Waals surface area contributed by atoms with E-state index in [2.05, 4.69) is 4.74 Å². The van der Waals surface area contributed by atoms with Gasteiger partial charge in [-0.3, -0.25) is 0 Å². The van der Waals surface area contributed by atoms with Crippen molar-refractivity contribution in [1.29, 1.82) is 0 Å². The van der Waals surface area contributed by atoms with Gasteiger partial charge in [0.05, 0.1) is 6.10 Å². The fourth-order valence-electron chi connectivity index (χ4n) is 0.611. The van der Waals surface area contributed by atoms with E-state index in [1.54, 1.807) is 20.8 Å². The van der Waals surface area contributed by atoms with E-state index in [9.17, 15) is 9.59 Å². The molecule has 0 saturated carbocycles. The second-order valence-electron chi connectivity index (χ2n) is 2.65. The Morgan fingerprint density at radius 1 is 1.38 bits per heavy atom. The number of allylic oxidation sites excluding steroid dienone is 1. The maximum Gasteiger partial charge on any atom is 0.344 e. The second kappa shape index (κ2) is 6.22. The maximum absolute atomic E-state index is 10.8. The number of rotatable bonds is 4. The Bertz CT molecular complexity index is 206. The molecule has 0 aromatic heterocycles. The van der Waals surface area contributed by atoms with E-state index < -0.39 is 11.9 Å². The molecule has 0 amide bonds. The molecule has 0 bridgehead atoms. The van der Waals surface area contributed by atoms with Gasteiger partial charge in [0, 0.05) is 6.08 Å². The number of carbonyl (C=O) groups excluding carboxylic acids is 2. The van der Waals surface area contributed by atoms with Crippen LogP contribution in [0.25, 0.3) is 0 Å². The van der Waals surface area contributed by atoms with Crippen LogP contribution in [0, 0.1) is 0 Å². The normalized spacial score (nSPS) is 10.5. The van der Waals surface area contributed by atoms with Crippen LogP contribution in [0.4, 0.5) is 0 Å². The highest BCUT2D eigenvalue weighted by Crippen LogP contribution is 1.90. The number of carbonyl (C=O) groups is 2. The molecule has 0 aliphatic rings. The molecular weight excluding hydrogens is 172 g/mol. The highest BCUT2D eigenvalue weighted by molar-refractivity contribution is 5.84. The SMILES string of the molecule is C/C=C\C(=O)OCC(=O)OC(C)C. The van der Waals surface area contributed by atoms with Crippen molar-refractivity contribution in [1.82, 2.24) is 0 Å². The van der Waals surface area contributed by atoms with E-state index in [0.717, 1.165) is 0 Å². The summed E-state index contributed by atoms with van der Waals surface area (Å²) in [5.74, 6) is -1.07. The van der Waals surface area contributed by atoms with Crippen LogP contribution in [0.5, 0.6) is 0 Å². The summed E-state index contributed by atoms with van der Waals surface area (Å²) >= 11 is 0. The zero-order valence-electron chi connectivity index (χ0n) is 8.07. The molecule has 0 aromatic carbocycles. The van der Waals surface area contributed by atoms with Gasteiger partial charge in [0.2, 0.25) is 0 Å². The Morgan fingerprint density at radius 2 is 2.00 bits per heavy atom. The highest BCUT2D eigenvalue weighted by atomic mass is 16.6. The summed E-state index contributed by atoms with van der Waals surface area (Å²) < 4.78 is 9.28. The zero-order valence-corrected chi connectivity index (χ0v) is 8.07. The minimum absolute atomic E-state index is 0.187. The van der Waals surface area contributed by atoms with Crippen molar-refractivity contribution in [3.63, 3.8) is 0 Å². The van der Waals surface area contributed by atoms with Crippen LogP contribution in [-0.2, 0) is 19.1 Å². The molecule has 0 unspecified atom stereocenters. The van der Waals surface area contributed by atoms with Gasteiger partial charge < -0.3 is 9.47 Å². The van der Waals surface area contributed by atoms with Crippen LogP contribution < -0.4 is 0 Å². The van der Waals surface area contributed by atoms with Gasteiger partial charge >= 0.3 is 11.9 Å². The standard InChI is InChI=1S/C9H14O4/c1-4-5-8(10)12-6-9(11)13-7(2)3/h4-5,7H,6H2,1-3H3/b5-4-. The number of ether oxygens (including phenoxy) is 2. The van der Waals surface area contributed by atoms with Gasteiger partial charge in [-0.15, -0.1) is 0 Å². The predicted molar refractivity (Wildman–Crippen MR) is 47.0 cm³/mol. The van der Waals surface area contributed by atoms with Crippen LogP contribution in [0.3, 0.4) is 0 Å². The first-order valence-electron chi connectivity index (χ1n) is 4.05. The smallest absolute Gasteiger partial charge is 0.344 e. The van der Waals surface area contributed by atoms with Crippen LogP contribution in [0.1, 0.15) is 20.8 Å². The van der Waals surface area contributed by atoms with Gasteiger partial charge in [-0.25, -0.2) is 9.59 Å². The summed E-state index contributed by atoms with van der Waals surface area (Å²) in [5.41, 5.74) is 0. The lowest BCUT2D eigenvalue weighted by Gasteiger charge is -2.06. The number of hydrogen-bond acceptors (Lipinski definition) is 4. The predicted octanol–water partition coefficient (Wildman–Crippen LogP) is 1.06. The fourth-order valence-corrected chi connectivity index (χ4v) is 0.611. The lowest BCUT2D eigenvalue weighted by atomic mass is 10.5. The molecular formula is C9H14O4. The molecule has 4 heteroatoms. The first-order chi connectivity index (χ1) is 6.06. The van der Waals surface area contributed by atoms with Crippen molar-refractivity contribution >= 4 is 11.9 Å². The topological polar surface area (TPSA) is 52.6 Å². The molecule has 74 valence electrons. The van der Waals surface area contributed by atoms with Crippen molar-refractivity contribution in [2.45, 2.75) is 26.9 Å². The van der Waals surface area contributed by atoms with Crippen molar-refractivity contribution in [2.75, 3.05) is 6.61 Å². The molecule has 0 saturated heterocycles. The first-order valence-corrected chi connectivity index (χ1v) is 4.05. The zero-order chi connectivity index (χ0) is 10.3. The van der Waals surface area contributed by atoms with E-state index in [1.165, 1.54) is 12.2 Å². The van der Waals surface area contributed by atoms with Crippen molar-refractivity contribution in [3.8, 4) is 0 Å². The average Bonchev–Trinajstić information content (AvgIpc) is 2.00. The van der Waals surface area contributed by atoms with Gasteiger partial charge in [-0.05, 0) is 20.8 Å². The molecule has 4 nitrogen and oxygen atoms in total. The molecule has 0 aliphatic heterocycles. The Hall–Kier alpha value is -1.32. The van der Waals surface area contributed by atoms with E-state index >= 15 is 0 Å². The van der Waals surface area contributed by atoms with Crippen molar-refractivity contribution in [3.05, 3.63) is 12.2 Å². The second-order valence-corrected chi connectivity index (χ2v) is 2.65. The molecule has 0 rings (SSSR count). The molecule has 0 aromatic rings. The molecule has 0 radical (unpaired) electrons. The van der Waals surface area contributed by atoms with E-state index in [-0.39, 0.29) is 12.7 Å². The van der Waals surface area contributed by atoms with Gasteiger partial charge in [0.25, 0.3) is 0 Å². The van der Waals surface area contributed by atoms with E-state index in [0.29, 0.717) is 0 Å². The third-order valence-corrected chi connectivity index (χ3v) is 1.00. The van der Waals surface area contributed by atoms with Crippen molar-refractivity contribution < 1.29 is 19.1 Å². The highest BCUT2D eigenvalue weighted by Gasteiger charge is 2.07. The minimum atomic E-state index is -0.539. The van der Waals surface area contributed by atoms with Crippen LogP contribution >= 0.6 is 0 Å². The molecule has 0 heterocycles. The molecule has 13 heavy (non-hydrogen) atoms. The minimum Gasteiger partial charge on any atom is -0.460 e. The van der Waals surface area contributed by atoms with Crippen LogP contribution in [-0.4, -0.2) is 24.6 Å². The van der Waals surface area contributed by atoms with E-state index in [1.807, 2.05) is 0 Å². The Labute approximate surface area is 77.5 Å². The summed E-state index contributed by atoms with van der Waals surface area (Å²) in [6.07, 6.45) is 2.59. The molecule has 0 atom stereocenters. The van der Waals surface area contributed by atoms with Crippen LogP contribution in [0.2, 0.25) is 0 Å². The third-order valence-electron chi connectivity index (χ3n) is 1.00. The summed E-state index contributed by atoms with van der Waals surface area (Å²) in [7, 11) is 0. The lowest BCUT2D eigenvalue weighted by molar-refractivity contribution is -0.158. The summed E-state index contributed by atoms with van der Waals surface area (Å²) in [5, 5.41) is 0. The lowest BCUT2D eigenvalue weighted by Crippen LogP contribution is -2.18. The van der Waals surface area contributed by atoms with Crippen LogP contribution in [0.15, 0.2) is 12.2 Å². The average molecular weight is 186 g/mol. The number of esters is 2. The van der Waals surface area contributed by atoms with Gasteiger partial charge in [0.15, 0.2) is 6.61 Å². The van der Waals surface area contributed by atoms with Gasteiger partial charge in [-0.2, -0.15) is 0 Å². The Balaban J connectivity index is 3.64. The Kier molecular flexibility index (Phi) is 5.59. The molecule has 0 spiro atoms. The molecule has 0 fully saturated rings. The maximum atomic E-state index is 10.8. The summed E-state index contributed by atoms with van der Waals surface area (Å²) in [6, 6.07) is 0. The summed E-state index contributed by atoms with van der Waals surface area (Å²) in [6.45, 7) is 4.81. The monoisotopic (exact) mass is 186 g/mol. The first kappa shape index (κ1) is 11.7.